The van der Waals surface area contributed by atoms with Crippen molar-refractivity contribution in [3.8, 4) is 0 Å². The summed E-state index contributed by atoms with van der Waals surface area (Å²) in [6.45, 7) is 6.86. The number of unbranched alkanes of at least 4 members (excludes halogenated alkanes) is 14. The molecule has 7 heteroatoms. The molecule has 194 valence electrons. The fraction of sp³-hybridized carbons (Fsp3) is 1.00. The van der Waals surface area contributed by atoms with Crippen LogP contribution in [0.3, 0.4) is 0 Å². The van der Waals surface area contributed by atoms with Gasteiger partial charge in [0.25, 0.3) is 0 Å². The summed E-state index contributed by atoms with van der Waals surface area (Å²) in [4.78, 5) is 0. The quantitative estimate of drug-likeness (QED) is 0.0313. The van der Waals surface area contributed by atoms with E-state index in [0.717, 1.165) is 15.7 Å². The maximum absolute atomic E-state index is 12.6. The minimum Gasteiger partial charge on any atom is -0.309 e. The molecule has 0 aromatic rings. The highest BCUT2D eigenvalue weighted by molar-refractivity contribution is 14.1. The lowest BCUT2D eigenvalue weighted by Crippen LogP contribution is -2.35. The van der Waals surface area contributed by atoms with Gasteiger partial charge in [0.05, 0.1) is 39.5 Å². The van der Waals surface area contributed by atoms with Crippen molar-refractivity contribution in [3.05, 3.63) is 0 Å². The van der Waals surface area contributed by atoms with Crippen LogP contribution in [-0.2, 0) is 13.6 Å². The third-order valence-electron chi connectivity index (χ3n) is 5.97. The van der Waals surface area contributed by atoms with Crippen LogP contribution < -0.4 is 0 Å². The fourth-order valence-electron chi connectivity index (χ4n) is 4.10. The summed E-state index contributed by atoms with van der Waals surface area (Å²) >= 11 is 5.02. The molecule has 0 aliphatic carbocycles. The topological polar surface area (TPSA) is 35.5 Å². The zero-order valence-electron chi connectivity index (χ0n) is 21.4. The third kappa shape index (κ3) is 22.1. The molecule has 0 N–H and O–H groups in total. The summed E-state index contributed by atoms with van der Waals surface area (Å²) in [5.41, 5.74) is 0. The summed E-state index contributed by atoms with van der Waals surface area (Å²) in [6, 6.07) is 0. The van der Waals surface area contributed by atoms with E-state index in [1.165, 1.54) is 107 Å². The Kier molecular flexibility index (Phi) is 24.1. The fourth-order valence-corrected chi connectivity index (χ4v) is 6.97. The highest BCUT2D eigenvalue weighted by Crippen LogP contribution is 2.48. The lowest BCUT2D eigenvalue weighted by molar-refractivity contribution is -0.731. The van der Waals surface area contributed by atoms with Crippen LogP contribution in [0.15, 0.2) is 0 Å². The van der Waals surface area contributed by atoms with Crippen molar-refractivity contribution in [1.82, 2.24) is 0 Å². The first-order valence-corrected chi connectivity index (χ1v) is 17.6. The molecule has 32 heavy (non-hydrogen) atoms. The monoisotopic (exact) mass is 700 g/mol. The summed E-state index contributed by atoms with van der Waals surface area (Å²) in [7, 11) is -0.608. The van der Waals surface area contributed by atoms with E-state index in [4.69, 9.17) is 9.05 Å². The molecule has 0 aromatic heterocycles. The smallest absolute Gasteiger partial charge is 0.309 e. The molecule has 0 spiro atoms. The average Bonchev–Trinajstić information content (AvgIpc) is 2.73. The van der Waals surface area contributed by atoms with E-state index in [9.17, 15) is 4.57 Å². The van der Waals surface area contributed by atoms with Crippen LogP contribution in [0.2, 0.25) is 0 Å². The van der Waals surface area contributed by atoms with E-state index in [1.807, 2.05) is 13.8 Å². The normalized spacial score (nSPS) is 14.0. The second kappa shape index (κ2) is 23.0. The predicted molar refractivity (Wildman–Crippen MR) is 158 cm³/mol. The number of hydrogen-bond acceptors (Lipinski definition) is 3. The molecule has 0 radical (unpaired) electrons. The van der Waals surface area contributed by atoms with Crippen molar-refractivity contribution in [2.75, 3.05) is 43.9 Å². The molecule has 0 amide bonds. The van der Waals surface area contributed by atoms with Crippen molar-refractivity contribution in [2.24, 2.45) is 0 Å². The van der Waals surface area contributed by atoms with Crippen molar-refractivity contribution in [1.29, 1.82) is 0 Å². The minimum atomic E-state index is -2.88. The number of rotatable bonds is 25. The van der Waals surface area contributed by atoms with Crippen LogP contribution in [0.25, 0.3) is 0 Å². The Bertz CT molecular complexity index is 443. The second-order valence-electron chi connectivity index (χ2n) is 9.23. The largest absolute Gasteiger partial charge is 0.330 e. The van der Waals surface area contributed by atoms with Crippen LogP contribution in [0.4, 0.5) is 0 Å². The van der Waals surface area contributed by atoms with Gasteiger partial charge in [0, 0.05) is 6.42 Å². The third-order valence-corrected chi connectivity index (χ3v) is 9.86. The van der Waals surface area contributed by atoms with Crippen LogP contribution in [0.1, 0.15) is 117 Å². The molecule has 0 saturated carbocycles. The average molecular weight is 700 g/mol. The molecule has 0 heterocycles. The SMILES string of the molecule is CCOP(=O)(CCC[N+](C)(I)CCCCCCCCCCCCCCCCCI)OCC. The number of halogens is 2. The van der Waals surface area contributed by atoms with Gasteiger partial charge in [-0.3, -0.25) is 7.26 Å². The molecule has 0 fully saturated rings. The van der Waals surface area contributed by atoms with Gasteiger partial charge in [-0.1, -0.05) is 99.6 Å². The second-order valence-corrected chi connectivity index (χ2v) is 14.8. The Morgan fingerprint density at radius 1 is 0.625 bits per heavy atom. The molecular weight excluding hydrogens is 647 g/mol. The van der Waals surface area contributed by atoms with Crippen LogP contribution in [0, 0.1) is 0 Å². The van der Waals surface area contributed by atoms with E-state index in [-0.39, 0.29) is 0 Å². The Morgan fingerprint density at radius 3 is 1.34 bits per heavy atom. The summed E-state index contributed by atoms with van der Waals surface area (Å²) in [5.74, 6) is 0. The van der Waals surface area contributed by atoms with Gasteiger partial charge in [-0.05, 0) is 37.5 Å². The first-order valence-electron chi connectivity index (χ1n) is 13.4. The molecule has 1 atom stereocenters. The number of hydrogen-bond donors (Lipinski definition) is 0. The van der Waals surface area contributed by atoms with Crippen molar-refractivity contribution >= 4 is 53.1 Å². The van der Waals surface area contributed by atoms with Gasteiger partial charge >= 0.3 is 7.60 Å². The van der Waals surface area contributed by atoms with Gasteiger partial charge < -0.3 is 9.05 Å². The molecule has 0 bridgehead atoms. The Morgan fingerprint density at radius 2 is 0.969 bits per heavy atom. The number of alkyl halides is 1. The van der Waals surface area contributed by atoms with Gasteiger partial charge in [-0.15, -0.1) is 0 Å². The van der Waals surface area contributed by atoms with Crippen LogP contribution in [-0.4, -0.2) is 46.6 Å². The van der Waals surface area contributed by atoms with Gasteiger partial charge in [-0.25, -0.2) is 0 Å². The van der Waals surface area contributed by atoms with E-state index in [1.54, 1.807) is 0 Å². The standard InChI is InChI=1S/C25H53I2NO3P/c1-4-30-32(29,31-5-2)25-21-24-28(3,27)23-20-18-16-14-12-10-8-6-7-9-11-13-15-17-19-22-26/h4-25H2,1-3H3/q+1. The number of quaternary nitrogens is 1. The van der Waals surface area contributed by atoms with E-state index in [2.05, 4.69) is 52.5 Å². The Labute approximate surface area is 228 Å². The highest BCUT2D eigenvalue weighted by Gasteiger charge is 2.26. The molecule has 4 nitrogen and oxygen atoms in total. The molecule has 0 aliphatic rings. The summed E-state index contributed by atoms with van der Waals surface area (Å²) in [6.07, 6.45) is 22.6. The Hall–Kier alpha value is 1.57. The van der Waals surface area contributed by atoms with Crippen molar-refractivity contribution in [2.45, 2.75) is 117 Å². The van der Waals surface area contributed by atoms with Gasteiger partial charge in [0.15, 0.2) is 0 Å². The summed E-state index contributed by atoms with van der Waals surface area (Å²) < 4.78 is 25.7. The Balaban J connectivity index is 3.52. The van der Waals surface area contributed by atoms with Crippen molar-refractivity contribution < 1.29 is 16.3 Å². The lowest BCUT2D eigenvalue weighted by Gasteiger charge is -2.26. The predicted octanol–water partition coefficient (Wildman–Crippen LogP) is 9.73. The molecule has 1 unspecified atom stereocenters. The molecule has 0 aromatic carbocycles. The molecule has 0 rings (SSSR count). The maximum Gasteiger partial charge on any atom is 0.330 e. The van der Waals surface area contributed by atoms with Gasteiger partial charge in [0.1, 0.15) is 0 Å². The first-order chi connectivity index (χ1) is 15.4. The van der Waals surface area contributed by atoms with E-state index < -0.39 is 7.60 Å². The maximum atomic E-state index is 12.6. The number of nitrogens with zero attached hydrogens (tertiary/aromatic N) is 1. The van der Waals surface area contributed by atoms with Crippen LogP contribution in [0.5, 0.6) is 0 Å². The highest BCUT2D eigenvalue weighted by atomic mass is 127. The lowest BCUT2D eigenvalue weighted by atomic mass is 10.0. The van der Waals surface area contributed by atoms with Crippen molar-refractivity contribution in [3.63, 3.8) is 0 Å². The van der Waals surface area contributed by atoms with E-state index in [0.29, 0.717) is 19.4 Å². The van der Waals surface area contributed by atoms with E-state index >= 15 is 0 Å². The molecular formula is C25H53I2NO3P+. The van der Waals surface area contributed by atoms with Gasteiger partial charge in [-0.2, -0.15) is 0 Å². The summed E-state index contributed by atoms with van der Waals surface area (Å²) in [5, 5.41) is 0. The van der Waals surface area contributed by atoms with Gasteiger partial charge in [0.2, 0.25) is 22.9 Å². The zero-order chi connectivity index (χ0) is 24.0. The minimum absolute atomic E-state index is 0.451. The molecule has 0 saturated heterocycles. The first kappa shape index (κ1) is 33.6. The zero-order valence-corrected chi connectivity index (χ0v) is 26.6. The molecule has 0 aliphatic heterocycles. The van der Waals surface area contributed by atoms with Crippen LogP contribution >= 0.6 is 53.1 Å².